The quantitative estimate of drug-likeness (QED) is 0.866. The van der Waals surface area contributed by atoms with Crippen LogP contribution >= 0.6 is 0 Å². The van der Waals surface area contributed by atoms with Crippen molar-refractivity contribution >= 4 is 17.9 Å². The van der Waals surface area contributed by atoms with Gasteiger partial charge in [0.25, 0.3) is 0 Å². The van der Waals surface area contributed by atoms with Crippen molar-refractivity contribution in [3.05, 3.63) is 30.3 Å². The van der Waals surface area contributed by atoms with Crippen LogP contribution in [0, 0.1) is 0 Å². The predicted octanol–water partition coefficient (Wildman–Crippen LogP) is 1.04. The molecule has 0 saturated carbocycles. The number of para-hydroxylation sites is 1. The Balaban J connectivity index is 1.42. The van der Waals surface area contributed by atoms with E-state index in [9.17, 15) is 14.4 Å². The van der Waals surface area contributed by atoms with Gasteiger partial charge < -0.3 is 20.3 Å². The molecule has 1 unspecified atom stereocenters. The van der Waals surface area contributed by atoms with Gasteiger partial charge in [-0.05, 0) is 31.4 Å². The van der Waals surface area contributed by atoms with E-state index in [-0.39, 0.29) is 23.9 Å². The number of hydrogen-bond acceptors (Lipinski definition) is 4. The van der Waals surface area contributed by atoms with Gasteiger partial charge in [0.15, 0.2) is 0 Å². The number of ether oxygens (including phenoxy) is 1. The monoisotopic (exact) mass is 331 g/mol. The molecule has 2 aliphatic rings. The summed E-state index contributed by atoms with van der Waals surface area (Å²) < 4.78 is 5.21. The van der Waals surface area contributed by atoms with Gasteiger partial charge in [0.1, 0.15) is 11.8 Å². The minimum Gasteiger partial charge on any atom is -0.410 e. The number of carbonyl (C=O) groups is 3. The van der Waals surface area contributed by atoms with E-state index in [0.29, 0.717) is 44.5 Å². The van der Waals surface area contributed by atoms with E-state index >= 15 is 0 Å². The lowest BCUT2D eigenvalue weighted by Gasteiger charge is -2.33. The predicted molar refractivity (Wildman–Crippen MR) is 86.4 cm³/mol. The highest BCUT2D eigenvalue weighted by molar-refractivity contribution is 5.90. The Labute approximate surface area is 140 Å². The van der Waals surface area contributed by atoms with Gasteiger partial charge >= 0.3 is 6.09 Å². The van der Waals surface area contributed by atoms with Gasteiger partial charge in [0.2, 0.25) is 11.8 Å². The molecule has 0 radical (unpaired) electrons. The van der Waals surface area contributed by atoms with E-state index in [1.807, 2.05) is 6.07 Å². The molecule has 3 rings (SSSR count). The van der Waals surface area contributed by atoms with Crippen molar-refractivity contribution in [2.24, 2.45) is 0 Å². The fourth-order valence-electron chi connectivity index (χ4n) is 3.06. The zero-order valence-corrected chi connectivity index (χ0v) is 13.4. The number of carbonyl (C=O) groups excluding carboxylic acids is 3. The van der Waals surface area contributed by atoms with Crippen molar-refractivity contribution in [2.75, 3.05) is 13.1 Å². The number of benzene rings is 1. The van der Waals surface area contributed by atoms with Crippen LogP contribution in [0.3, 0.4) is 0 Å². The summed E-state index contributed by atoms with van der Waals surface area (Å²) in [5, 5.41) is 5.54. The van der Waals surface area contributed by atoms with Crippen LogP contribution in [0.4, 0.5) is 4.79 Å². The highest BCUT2D eigenvalue weighted by atomic mass is 16.6. The van der Waals surface area contributed by atoms with Gasteiger partial charge in [-0.3, -0.25) is 9.59 Å². The van der Waals surface area contributed by atoms with Crippen LogP contribution in [-0.2, 0) is 9.59 Å². The smallest absolute Gasteiger partial charge is 0.410 e. The second-order valence-corrected chi connectivity index (χ2v) is 6.11. The third-order valence-electron chi connectivity index (χ3n) is 4.38. The van der Waals surface area contributed by atoms with E-state index in [4.69, 9.17) is 4.74 Å². The molecule has 0 bridgehead atoms. The van der Waals surface area contributed by atoms with Gasteiger partial charge in [0, 0.05) is 25.6 Å². The van der Waals surface area contributed by atoms with Gasteiger partial charge in [0.05, 0.1) is 0 Å². The summed E-state index contributed by atoms with van der Waals surface area (Å²) in [5.74, 6) is 0.416. The molecule has 3 amide bonds. The van der Waals surface area contributed by atoms with Gasteiger partial charge in [-0.1, -0.05) is 18.2 Å². The van der Waals surface area contributed by atoms with Crippen LogP contribution in [0.25, 0.3) is 0 Å². The summed E-state index contributed by atoms with van der Waals surface area (Å²) >= 11 is 0. The minimum atomic E-state index is -0.478. The third kappa shape index (κ3) is 4.04. The summed E-state index contributed by atoms with van der Waals surface area (Å²) in [6.45, 7) is 1.14. The van der Waals surface area contributed by atoms with Gasteiger partial charge in [-0.2, -0.15) is 0 Å². The van der Waals surface area contributed by atoms with Gasteiger partial charge in [-0.25, -0.2) is 4.79 Å². The summed E-state index contributed by atoms with van der Waals surface area (Å²) in [6, 6.07) is 8.49. The van der Waals surface area contributed by atoms with Crippen LogP contribution in [0.1, 0.15) is 25.7 Å². The maximum Gasteiger partial charge on any atom is 0.412 e. The fraction of sp³-hybridized carbons (Fsp3) is 0.471. The van der Waals surface area contributed by atoms with Crippen molar-refractivity contribution in [3.63, 3.8) is 0 Å². The molecule has 7 heteroatoms. The number of likely N-dealkylation sites (tertiary alicyclic amines) is 1. The normalized spacial score (nSPS) is 21.2. The number of hydrogen-bond donors (Lipinski definition) is 2. The molecule has 2 saturated heterocycles. The van der Waals surface area contributed by atoms with Crippen molar-refractivity contribution < 1.29 is 19.1 Å². The van der Waals surface area contributed by atoms with Crippen molar-refractivity contribution in [3.8, 4) is 5.75 Å². The molecule has 0 aromatic heterocycles. The molecule has 2 heterocycles. The third-order valence-corrected chi connectivity index (χ3v) is 4.38. The highest BCUT2D eigenvalue weighted by Gasteiger charge is 2.32. The Morgan fingerprint density at radius 3 is 2.46 bits per heavy atom. The second-order valence-electron chi connectivity index (χ2n) is 6.11. The molecule has 1 atom stereocenters. The van der Waals surface area contributed by atoms with Crippen molar-refractivity contribution in [1.82, 2.24) is 15.5 Å². The molecule has 1 aromatic carbocycles. The Morgan fingerprint density at radius 1 is 1.12 bits per heavy atom. The number of nitrogens with zero attached hydrogens (tertiary/aromatic N) is 1. The van der Waals surface area contributed by atoms with E-state index in [2.05, 4.69) is 10.6 Å². The lowest BCUT2D eigenvalue weighted by atomic mass is 10.0. The fourth-order valence-corrected chi connectivity index (χ4v) is 3.06. The van der Waals surface area contributed by atoms with Gasteiger partial charge in [-0.15, -0.1) is 0 Å². The number of piperidine rings is 1. The lowest BCUT2D eigenvalue weighted by Crippen LogP contribution is -2.51. The maximum atomic E-state index is 12.3. The zero-order chi connectivity index (χ0) is 16.9. The first-order chi connectivity index (χ1) is 11.6. The summed E-state index contributed by atoms with van der Waals surface area (Å²) in [6.07, 6.45) is 1.86. The Bertz CT molecular complexity index is 612. The summed E-state index contributed by atoms with van der Waals surface area (Å²) in [5.41, 5.74) is 0. The van der Waals surface area contributed by atoms with E-state index < -0.39 is 6.09 Å². The molecule has 24 heavy (non-hydrogen) atoms. The van der Waals surface area contributed by atoms with Crippen molar-refractivity contribution in [2.45, 2.75) is 37.8 Å². The molecule has 7 nitrogen and oxygen atoms in total. The number of amides is 3. The van der Waals surface area contributed by atoms with E-state index in [1.54, 1.807) is 29.2 Å². The molecule has 2 fully saturated rings. The molecular formula is C17H21N3O4. The van der Waals surface area contributed by atoms with E-state index in [0.717, 1.165) is 0 Å². The zero-order valence-electron chi connectivity index (χ0n) is 13.4. The molecule has 0 aliphatic carbocycles. The van der Waals surface area contributed by atoms with Crippen molar-refractivity contribution in [1.29, 1.82) is 0 Å². The molecule has 1 aromatic rings. The van der Waals surface area contributed by atoms with Crippen LogP contribution in [0.2, 0.25) is 0 Å². The standard InChI is InChI=1S/C17H21N3O4/c21-15-7-6-14(19-15)16(22)20-10-8-12(9-11-20)18-17(23)24-13-4-2-1-3-5-13/h1-5,12,14H,6-11H2,(H,18,23)(H,19,21). The first-order valence-corrected chi connectivity index (χ1v) is 8.23. The first-order valence-electron chi connectivity index (χ1n) is 8.23. The first kappa shape index (κ1) is 16.3. The topological polar surface area (TPSA) is 87.7 Å². The lowest BCUT2D eigenvalue weighted by molar-refractivity contribution is -0.135. The molecule has 2 aliphatic heterocycles. The summed E-state index contributed by atoms with van der Waals surface area (Å²) in [7, 11) is 0. The Kier molecular flexibility index (Phi) is 4.98. The number of rotatable bonds is 3. The molecular weight excluding hydrogens is 310 g/mol. The van der Waals surface area contributed by atoms with Crippen LogP contribution in [0.5, 0.6) is 5.75 Å². The van der Waals surface area contributed by atoms with E-state index in [1.165, 1.54) is 0 Å². The average molecular weight is 331 g/mol. The van der Waals surface area contributed by atoms with Crippen LogP contribution < -0.4 is 15.4 Å². The Morgan fingerprint density at radius 2 is 1.83 bits per heavy atom. The van der Waals surface area contributed by atoms with Crippen LogP contribution in [0.15, 0.2) is 30.3 Å². The SMILES string of the molecule is O=C1CCC(C(=O)N2CCC(NC(=O)Oc3ccccc3)CC2)N1. The summed E-state index contributed by atoms with van der Waals surface area (Å²) in [4.78, 5) is 37.2. The molecule has 0 spiro atoms. The molecule has 128 valence electrons. The maximum absolute atomic E-state index is 12.3. The molecule has 2 N–H and O–H groups in total. The number of nitrogens with one attached hydrogen (secondary N) is 2. The van der Waals surface area contributed by atoms with Crippen LogP contribution in [-0.4, -0.2) is 48.0 Å². The second kappa shape index (κ2) is 7.33. The Hall–Kier alpha value is -2.57. The highest BCUT2D eigenvalue weighted by Crippen LogP contribution is 2.16. The average Bonchev–Trinajstić information content (AvgIpc) is 3.02. The minimum absolute atomic E-state index is 0.0107. The largest absolute Gasteiger partial charge is 0.412 e.